The molecule has 2 N–H and O–H groups in total. The average molecular weight is 244 g/mol. The number of carboxylic acids is 1. The number of rotatable bonds is 5. The van der Waals surface area contributed by atoms with Crippen molar-refractivity contribution in [2.24, 2.45) is 5.92 Å². The van der Waals surface area contributed by atoms with Gasteiger partial charge in [-0.2, -0.15) is 0 Å². The molecule has 0 aromatic carbocycles. The maximum atomic E-state index is 11.9. The molecular formula is C11H20N2O4. The Morgan fingerprint density at radius 1 is 1.47 bits per heavy atom. The molecule has 1 atom stereocenters. The normalized spacial score (nSPS) is 19.4. The fraction of sp³-hybridized carbons (Fsp3) is 0.818. The lowest BCUT2D eigenvalue weighted by Gasteiger charge is -2.24. The molecule has 0 bridgehead atoms. The highest BCUT2D eigenvalue weighted by molar-refractivity contribution is 5.74. The van der Waals surface area contributed by atoms with Gasteiger partial charge in [0.1, 0.15) is 0 Å². The molecule has 0 radical (unpaired) electrons. The molecule has 1 aliphatic rings. The Morgan fingerprint density at radius 3 is 2.71 bits per heavy atom. The number of amides is 2. The second-order valence-corrected chi connectivity index (χ2v) is 4.48. The molecule has 1 heterocycles. The zero-order chi connectivity index (χ0) is 12.8. The van der Waals surface area contributed by atoms with Gasteiger partial charge in [0.15, 0.2) is 0 Å². The first-order valence-electron chi connectivity index (χ1n) is 5.87. The van der Waals surface area contributed by atoms with Crippen molar-refractivity contribution in [3.05, 3.63) is 0 Å². The molecule has 1 saturated heterocycles. The first kappa shape index (κ1) is 13.8. The summed E-state index contributed by atoms with van der Waals surface area (Å²) >= 11 is 0. The molecule has 0 aromatic rings. The largest absolute Gasteiger partial charge is 0.481 e. The lowest BCUT2D eigenvalue weighted by molar-refractivity contribution is -0.137. The SMILES string of the molecule is CN(CCCC(=O)O)C(=O)N1CCC(CO)C1. The summed E-state index contributed by atoms with van der Waals surface area (Å²) in [4.78, 5) is 25.5. The van der Waals surface area contributed by atoms with Gasteiger partial charge in [-0.3, -0.25) is 4.79 Å². The van der Waals surface area contributed by atoms with Crippen LogP contribution in [0.4, 0.5) is 4.79 Å². The van der Waals surface area contributed by atoms with E-state index in [1.165, 1.54) is 0 Å². The minimum atomic E-state index is -0.840. The van der Waals surface area contributed by atoms with Gasteiger partial charge in [0.05, 0.1) is 0 Å². The number of hydrogen-bond acceptors (Lipinski definition) is 3. The number of aliphatic carboxylic acids is 1. The molecule has 0 aliphatic carbocycles. The number of aliphatic hydroxyl groups is 1. The number of nitrogens with zero attached hydrogens (tertiary/aromatic N) is 2. The standard InChI is InChI=1S/C11H20N2O4/c1-12(5-2-3-10(15)16)11(17)13-6-4-9(7-13)8-14/h9,14H,2-8H2,1H3,(H,15,16). The Kier molecular flexibility index (Phi) is 5.21. The molecule has 1 aliphatic heterocycles. The van der Waals surface area contributed by atoms with Crippen molar-refractivity contribution >= 4 is 12.0 Å². The number of carbonyl (C=O) groups excluding carboxylic acids is 1. The van der Waals surface area contributed by atoms with E-state index in [2.05, 4.69) is 0 Å². The fourth-order valence-corrected chi connectivity index (χ4v) is 1.96. The molecular weight excluding hydrogens is 224 g/mol. The molecule has 0 aromatic heterocycles. The van der Waals surface area contributed by atoms with Gasteiger partial charge in [-0.25, -0.2) is 4.79 Å². The van der Waals surface area contributed by atoms with Crippen LogP contribution in [0.25, 0.3) is 0 Å². The summed E-state index contributed by atoms with van der Waals surface area (Å²) in [5.74, 6) is -0.654. The topological polar surface area (TPSA) is 81.1 Å². The van der Waals surface area contributed by atoms with Crippen LogP contribution in [0.2, 0.25) is 0 Å². The monoisotopic (exact) mass is 244 g/mol. The van der Waals surface area contributed by atoms with E-state index in [-0.39, 0.29) is 25.0 Å². The molecule has 0 saturated carbocycles. The number of carboxylic acid groups (broad SMARTS) is 1. The Hall–Kier alpha value is -1.30. The molecule has 6 heteroatoms. The summed E-state index contributed by atoms with van der Waals surface area (Å²) < 4.78 is 0. The van der Waals surface area contributed by atoms with Crippen LogP contribution in [-0.2, 0) is 4.79 Å². The van der Waals surface area contributed by atoms with Crippen LogP contribution in [0.5, 0.6) is 0 Å². The third-order valence-corrected chi connectivity index (χ3v) is 3.03. The highest BCUT2D eigenvalue weighted by Crippen LogP contribution is 2.16. The average Bonchev–Trinajstić information content (AvgIpc) is 2.75. The van der Waals surface area contributed by atoms with Crippen molar-refractivity contribution in [3.63, 3.8) is 0 Å². The van der Waals surface area contributed by atoms with Gasteiger partial charge in [-0.05, 0) is 12.8 Å². The van der Waals surface area contributed by atoms with Crippen LogP contribution < -0.4 is 0 Å². The number of aliphatic hydroxyl groups excluding tert-OH is 1. The molecule has 1 rings (SSSR count). The highest BCUT2D eigenvalue weighted by atomic mass is 16.4. The summed E-state index contributed by atoms with van der Waals surface area (Å²) in [5.41, 5.74) is 0. The lowest BCUT2D eigenvalue weighted by Crippen LogP contribution is -2.40. The van der Waals surface area contributed by atoms with Crippen LogP contribution in [-0.4, -0.2) is 65.3 Å². The van der Waals surface area contributed by atoms with Crippen LogP contribution >= 0.6 is 0 Å². The first-order chi connectivity index (χ1) is 8.04. The molecule has 6 nitrogen and oxygen atoms in total. The third kappa shape index (κ3) is 4.22. The zero-order valence-corrected chi connectivity index (χ0v) is 10.1. The van der Waals surface area contributed by atoms with Gasteiger partial charge < -0.3 is 20.0 Å². The number of urea groups is 1. The van der Waals surface area contributed by atoms with Gasteiger partial charge in [-0.15, -0.1) is 0 Å². The van der Waals surface area contributed by atoms with Gasteiger partial charge in [0.25, 0.3) is 0 Å². The van der Waals surface area contributed by atoms with E-state index in [9.17, 15) is 9.59 Å². The van der Waals surface area contributed by atoms with Gasteiger partial charge in [-0.1, -0.05) is 0 Å². The van der Waals surface area contributed by atoms with Crippen molar-refractivity contribution in [1.82, 2.24) is 9.80 Å². The van der Waals surface area contributed by atoms with Crippen molar-refractivity contribution < 1.29 is 19.8 Å². The van der Waals surface area contributed by atoms with Crippen LogP contribution in [0.15, 0.2) is 0 Å². The van der Waals surface area contributed by atoms with Crippen LogP contribution in [0.3, 0.4) is 0 Å². The molecule has 1 unspecified atom stereocenters. The highest BCUT2D eigenvalue weighted by Gasteiger charge is 2.27. The number of likely N-dealkylation sites (tertiary alicyclic amines) is 1. The molecule has 17 heavy (non-hydrogen) atoms. The lowest BCUT2D eigenvalue weighted by atomic mass is 10.1. The van der Waals surface area contributed by atoms with E-state index >= 15 is 0 Å². The van der Waals surface area contributed by atoms with E-state index < -0.39 is 5.97 Å². The van der Waals surface area contributed by atoms with Crippen molar-refractivity contribution in [1.29, 1.82) is 0 Å². The molecule has 98 valence electrons. The molecule has 0 spiro atoms. The summed E-state index contributed by atoms with van der Waals surface area (Å²) in [7, 11) is 1.68. The maximum Gasteiger partial charge on any atom is 0.319 e. The van der Waals surface area contributed by atoms with Crippen LogP contribution in [0.1, 0.15) is 19.3 Å². The number of carbonyl (C=O) groups is 2. The summed E-state index contributed by atoms with van der Waals surface area (Å²) in [5, 5.41) is 17.5. The van der Waals surface area contributed by atoms with Gasteiger partial charge in [0, 0.05) is 45.6 Å². The van der Waals surface area contributed by atoms with E-state index in [1.54, 1.807) is 16.8 Å². The zero-order valence-electron chi connectivity index (χ0n) is 10.1. The third-order valence-electron chi connectivity index (χ3n) is 3.03. The van der Waals surface area contributed by atoms with Crippen molar-refractivity contribution in [3.8, 4) is 0 Å². The Labute approximate surface area is 101 Å². The Balaban J connectivity index is 2.29. The second-order valence-electron chi connectivity index (χ2n) is 4.48. The number of hydrogen-bond donors (Lipinski definition) is 2. The Morgan fingerprint density at radius 2 is 2.18 bits per heavy atom. The first-order valence-corrected chi connectivity index (χ1v) is 5.87. The van der Waals surface area contributed by atoms with Gasteiger partial charge in [0.2, 0.25) is 0 Å². The minimum absolute atomic E-state index is 0.0775. The summed E-state index contributed by atoms with van der Waals surface area (Å²) in [6, 6.07) is -0.0775. The fourth-order valence-electron chi connectivity index (χ4n) is 1.96. The predicted molar refractivity (Wildman–Crippen MR) is 61.7 cm³/mol. The van der Waals surface area contributed by atoms with Gasteiger partial charge >= 0.3 is 12.0 Å². The summed E-state index contributed by atoms with van der Waals surface area (Å²) in [6.45, 7) is 1.84. The summed E-state index contributed by atoms with van der Waals surface area (Å²) in [6.07, 6.45) is 1.39. The van der Waals surface area contributed by atoms with Crippen LogP contribution in [0, 0.1) is 5.92 Å². The van der Waals surface area contributed by atoms with E-state index in [1.807, 2.05) is 0 Å². The Bertz CT molecular complexity index is 283. The van der Waals surface area contributed by atoms with E-state index in [4.69, 9.17) is 10.2 Å². The smallest absolute Gasteiger partial charge is 0.319 e. The van der Waals surface area contributed by atoms with Crippen molar-refractivity contribution in [2.75, 3.05) is 33.3 Å². The van der Waals surface area contributed by atoms with E-state index in [0.717, 1.165) is 6.42 Å². The maximum absolute atomic E-state index is 11.9. The minimum Gasteiger partial charge on any atom is -0.481 e. The molecule has 1 fully saturated rings. The predicted octanol–water partition coefficient (Wildman–Crippen LogP) is 0.217. The molecule has 2 amide bonds. The quantitative estimate of drug-likeness (QED) is 0.724. The second kappa shape index (κ2) is 6.44. The van der Waals surface area contributed by atoms with E-state index in [0.29, 0.717) is 26.1 Å². The van der Waals surface area contributed by atoms with Crippen molar-refractivity contribution in [2.45, 2.75) is 19.3 Å².